The summed E-state index contributed by atoms with van der Waals surface area (Å²) in [6, 6.07) is -1.31. The lowest BCUT2D eigenvalue weighted by Crippen LogP contribution is -2.55. The van der Waals surface area contributed by atoms with Crippen LogP contribution in [-0.2, 0) is 19.1 Å². The Kier molecular flexibility index (Phi) is 5.91. The minimum Gasteiger partial charge on any atom is -0.385 e. The molecule has 2 atom stereocenters. The Bertz CT molecular complexity index is 359. The standard InChI is InChI=1S/C12H21N3O4/c1-15-10(16)6-5-9(12(15)18)14-11(17)8(13)4-3-7-19-2/h8-9H,3-7,13H2,1-2H3,(H,14,17). The van der Waals surface area contributed by atoms with Gasteiger partial charge in [-0.1, -0.05) is 0 Å². The number of nitrogens with zero attached hydrogens (tertiary/aromatic N) is 1. The summed E-state index contributed by atoms with van der Waals surface area (Å²) in [6.07, 6.45) is 1.77. The van der Waals surface area contributed by atoms with E-state index in [2.05, 4.69) is 5.32 Å². The van der Waals surface area contributed by atoms with Crippen LogP contribution in [0.1, 0.15) is 25.7 Å². The van der Waals surface area contributed by atoms with Gasteiger partial charge < -0.3 is 15.8 Å². The fraction of sp³-hybridized carbons (Fsp3) is 0.750. The van der Waals surface area contributed by atoms with Gasteiger partial charge in [0.15, 0.2) is 0 Å². The normalized spacial score (nSPS) is 21.4. The molecule has 2 unspecified atom stereocenters. The number of nitrogens with one attached hydrogen (secondary N) is 1. The highest BCUT2D eigenvalue weighted by Crippen LogP contribution is 2.11. The molecule has 1 rings (SSSR count). The van der Waals surface area contributed by atoms with Gasteiger partial charge in [-0.25, -0.2) is 0 Å². The van der Waals surface area contributed by atoms with Crippen molar-refractivity contribution in [1.82, 2.24) is 10.2 Å². The molecule has 1 aliphatic heterocycles. The first-order valence-electron chi connectivity index (χ1n) is 6.32. The van der Waals surface area contributed by atoms with Crippen molar-refractivity contribution in [2.45, 2.75) is 37.8 Å². The first-order chi connectivity index (χ1) is 8.97. The molecule has 3 N–H and O–H groups in total. The summed E-state index contributed by atoms with van der Waals surface area (Å²) >= 11 is 0. The fourth-order valence-corrected chi connectivity index (χ4v) is 1.91. The predicted molar refractivity (Wildman–Crippen MR) is 68.0 cm³/mol. The van der Waals surface area contributed by atoms with Crippen LogP contribution in [0.3, 0.4) is 0 Å². The molecule has 1 saturated heterocycles. The maximum atomic E-state index is 11.8. The molecule has 0 radical (unpaired) electrons. The molecule has 1 fully saturated rings. The lowest BCUT2D eigenvalue weighted by Gasteiger charge is -2.28. The summed E-state index contributed by atoms with van der Waals surface area (Å²) in [7, 11) is 3.00. The Hall–Kier alpha value is -1.47. The van der Waals surface area contributed by atoms with Crippen molar-refractivity contribution in [3.05, 3.63) is 0 Å². The van der Waals surface area contributed by atoms with E-state index < -0.39 is 12.1 Å². The summed E-state index contributed by atoms with van der Waals surface area (Å²) < 4.78 is 4.88. The number of hydrogen-bond acceptors (Lipinski definition) is 5. The predicted octanol–water partition coefficient (Wildman–Crippen LogP) is -0.996. The monoisotopic (exact) mass is 271 g/mol. The highest BCUT2D eigenvalue weighted by Gasteiger charge is 2.33. The van der Waals surface area contributed by atoms with Gasteiger partial charge >= 0.3 is 0 Å². The minimum atomic E-state index is -0.661. The van der Waals surface area contributed by atoms with Gasteiger partial charge in [-0.2, -0.15) is 0 Å². The Balaban J connectivity index is 2.43. The van der Waals surface area contributed by atoms with Crippen LogP contribution in [0.15, 0.2) is 0 Å². The number of hydrogen-bond donors (Lipinski definition) is 2. The molecule has 0 aromatic carbocycles. The third-order valence-corrected chi connectivity index (χ3v) is 3.17. The van der Waals surface area contributed by atoms with Crippen LogP contribution in [-0.4, -0.2) is 55.5 Å². The highest BCUT2D eigenvalue weighted by atomic mass is 16.5. The van der Waals surface area contributed by atoms with Crippen molar-refractivity contribution in [3.8, 4) is 0 Å². The zero-order valence-corrected chi connectivity index (χ0v) is 11.3. The number of nitrogens with two attached hydrogens (primary N) is 1. The molecule has 0 saturated carbocycles. The average molecular weight is 271 g/mol. The van der Waals surface area contributed by atoms with E-state index in [0.29, 0.717) is 25.9 Å². The van der Waals surface area contributed by atoms with E-state index in [1.54, 1.807) is 7.11 Å². The van der Waals surface area contributed by atoms with Crippen molar-refractivity contribution in [2.75, 3.05) is 20.8 Å². The van der Waals surface area contributed by atoms with Crippen LogP contribution in [0, 0.1) is 0 Å². The second-order valence-electron chi connectivity index (χ2n) is 4.63. The van der Waals surface area contributed by atoms with E-state index in [1.807, 2.05) is 0 Å². The van der Waals surface area contributed by atoms with Crippen LogP contribution in [0.2, 0.25) is 0 Å². The van der Waals surface area contributed by atoms with Crippen molar-refractivity contribution in [3.63, 3.8) is 0 Å². The van der Waals surface area contributed by atoms with Crippen LogP contribution in [0.4, 0.5) is 0 Å². The van der Waals surface area contributed by atoms with Crippen LogP contribution in [0.25, 0.3) is 0 Å². The lowest BCUT2D eigenvalue weighted by atomic mass is 10.0. The first-order valence-corrected chi connectivity index (χ1v) is 6.32. The summed E-state index contributed by atoms with van der Waals surface area (Å²) in [5.41, 5.74) is 5.72. The Morgan fingerprint density at radius 3 is 2.89 bits per heavy atom. The topological polar surface area (TPSA) is 102 Å². The van der Waals surface area contributed by atoms with Gasteiger partial charge in [-0.3, -0.25) is 19.3 Å². The number of imide groups is 1. The van der Waals surface area contributed by atoms with E-state index in [-0.39, 0.29) is 24.1 Å². The van der Waals surface area contributed by atoms with Gasteiger partial charge in [0.05, 0.1) is 6.04 Å². The molecular weight excluding hydrogens is 250 g/mol. The summed E-state index contributed by atoms with van der Waals surface area (Å²) in [5, 5.41) is 2.60. The number of rotatable bonds is 6. The second-order valence-corrected chi connectivity index (χ2v) is 4.63. The third kappa shape index (κ3) is 4.29. The first kappa shape index (κ1) is 15.6. The number of amides is 3. The van der Waals surface area contributed by atoms with Gasteiger partial charge in [0.25, 0.3) is 5.91 Å². The number of carbonyl (C=O) groups is 3. The van der Waals surface area contributed by atoms with Crippen LogP contribution >= 0.6 is 0 Å². The number of likely N-dealkylation sites (N-methyl/N-ethyl adjacent to an activating group) is 1. The number of ether oxygens (including phenoxy) is 1. The molecule has 19 heavy (non-hydrogen) atoms. The largest absolute Gasteiger partial charge is 0.385 e. The zero-order chi connectivity index (χ0) is 14.4. The minimum absolute atomic E-state index is 0.222. The quantitative estimate of drug-likeness (QED) is 0.477. The molecule has 3 amide bonds. The molecular formula is C12H21N3O4. The van der Waals surface area contributed by atoms with Crippen molar-refractivity contribution < 1.29 is 19.1 Å². The highest BCUT2D eigenvalue weighted by molar-refractivity contribution is 6.01. The van der Waals surface area contributed by atoms with E-state index in [9.17, 15) is 14.4 Å². The molecule has 7 heteroatoms. The molecule has 0 bridgehead atoms. The van der Waals surface area contributed by atoms with Crippen molar-refractivity contribution in [1.29, 1.82) is 0 Å². The molecule has 0 aliphatic carbocycles. The van der Waals surface area contributed by atoms with Gasteiger partial charge in [-0.05, 0) is 19.3 Å². The van der Waals surface area contributed by atoms with Crippen molar-refractivity contribution in [2.24, 2.45) is 5.73 Å². The fourth-order valence-electron chi connectivity index (χ4n) is 1.91. The Labute approximate surface area is 112 Å². The number of piperidine rings is 1. The van der Waals surface area contributed by atoms with E-state index in [1.165, 1.54) is 7.05 Å². The summed E-state index contributed by atoms with van der Waals surface area (Å²) in [4.78, 5) is 35.9. The molecule has 0 spiro atoms. The number of methoxy groups -OCH3 is 1. The smallest absolute Gasteiger partial charge is 0.251 e. The SMILES string of the molecule is COCCCC(N)C(=O)NC1CCC(=O)N(C)C1=O. The lowest BCUT2D eigenvalue weighted by molar-refractivity contribution is -0.149. The molecule has 7 nitrogen and oxygen atoms in total. The van der Waals surface area contributed by atoms with Crippen LogP contribution < -0.4 is 11.1 Å². The van der Waals surface area contributed by atoms with Crippen LogP contribution in [0.5, 0.6) is 0 Å². The zero-order valence-electron chi connectivity index (χ0n) is 11.3. The third-order valence-electron chi connectivity index (χ3n) is 3.17. The van der Waals surface area contributed by atoms with E-state index in [4.69, 9.17) is 10.5 Å². The maximum absolute atomic E-state index is 11.8. The number of likely N-dealkylation sites (tertiary alicyclic amines) is 1. The molecule has 108 valence electrons. The molecule has 0 aromatic heterocycles. The number of carbonyl (C=O) groups excluding carboxylic acids is 3. The summed E-state index contributed by atoms with van der Waals surface area (Å²) in [5.74, 6) is -0.967. The van der Waals surface area contributed by atoms with Gasteiger partial charge in [0, 0.05) is 27.2 Å². The molecule has 1 heterocycles. The summed E-state index contributed by atoms with van der Waals surface area (Å²) in [6.45, 7) is 0.542. The maximum Gasteiger partial charge on any atom is 0.251 e. The molecule has 1 aliphatic rings. The van der Waals surface area contributed by atoms with Gasteiger partial charge in [0.2, 0.25) is 11.8 Å². The van der Waals surface area contributed by atoms with E-state index in [0.717, 1.165) is 4.90 Å². The van der Waals surface area contributed by atoms with E-state index >= 15 is 0 Å². The second kappa shape index (κ2) is 7.20. The van der Waals surface area contributed by atoms with Gasteiger partial charge in [0.1, 0.15) is 6.04 Å². The average Bonchev–Trinajstić information content (AvgIpc) is 2.39. The Morgan fingerprint density at radius 2 is 2.26 bits per heavy atom. The molecule has 0 aromatic rings. The van der Waals surface area contributed by atoms with Gasteiger partial charge in [-0.15, -0.1) is 0 Å². The Morgan fingerprint density at radius 1 is 1.58 bits per heavy atom. The van der Waals surface area contributed by atoms with Crippen molar-refractivity contribution >= 4 is 17.7 Å².